The first-order chi connectivity index (χ1) is 7.96. The van der Waals surface area contributed by atoms with Gasteiger partial charge < -0.3 is 0 Å². The van der Waals surface area contributed by atoms with E-state index in [2.05, 4.69) is 13.8 Å². The Morgan fingerprint density at radius 2 is 1.94 bits per heavy atom. The first kappa shape index (κ1) is 10.3. The largest absolute Gasteiger partial charge is 0.299 e. The SMILES string of the molecule is C[C@@]12[C@H]3CCC14CCC(=O)[C@@]4(C)C[C@@H]2C(=O)C3. The molecule has 4 aliphatic carbocycles. The van der Waals surface area contributed by atoms with Crippen LogP contribution in [0.2, 0.25) is 0 Å². The lowest BCUT2D eigenvalue weighted by atomic mass is 9.59. The lowest BCUT2D eigenvalue weighted by Crippen LogP contribution is -2.41. The van der Waals surface area contributed by atoms with E-state index in [9.17, 15) is 9.59 Å². The van der Waals surface area contributed by atoms with E-state index in [-0.39, 0.29) is 22.2 Å². The number of Topliss-reactive ketones (excluding diaryl/α,β-unsaturated/α-hetero) is 2. The van der Waals surface area contributed by atoms with Gasteiger partial charge in [-0.25, -0.2) is 0 Å². The molecular formula is C15H20O2. The molecule has 4 fully saturated rings. The molecule has 0 aromatic heterocycles. The van der Waals surface area contributed by atoms with Crippen molar-refractivity contribution in [3.8, 4) is 0 Å². The van der Waals surface area contributed by atoms with Crippen LogP contribution in [-0.2, 0) is 9.59 Å². The van der Waals surface area contributed by atoms with Gasteiger partial charge in [0.15, 0.2) is 0 Å². The highest BCUT2D eigenvalue weighted by atomic mass is 16.1. The predicted octanol–water partition coefficient (Wildman–Crippen LogP) is 2.75. The molecule has 2 heteroatoms. The number of rotatable bonds is 0. The third-order valence-electron chi connectivity index (χ3n) is 7.42. The Hall–Kier alpha value is -0.660. The summed E-state index contributed by atoms with van der Waals surface area (Å²) in [7, 11) is 0. The fourth-order valence-corrected chi connectivity index (χ4v) is 6.49. The van der Waals surface area contributed by atoms with Crippen LogP contribution in [0, 0.1) is 28.1 Å². The van der Waals surface area contributed by atoms with Gasteiger partial charge in [-0.1, -0.05) is 13.8 Å². The fourth-order valence-electron chi connectivity index (χ4n) is 6.49. The summed E-state index contributed by atoms with van der Waals surface area (Å²) < 4.78 is 0. The average molecular weight is 232 g/mol. The molecule has 0 saturated heterocycles. The van der Waals surface area contributed by atoms with E-state index in [1.165, 1.54) is 12.8 Å². The highest BCUT2D eigenvalue weighted by Gasteiger charge is 2.79. The second-order valence-electron chi connectivity index (χ2n) is 7.28. The third kappa shape index (κ3) is 0.750. The number of hydrogen-bond donors (Lipinski definition) is 0. The van der Waals surface area contributed by atoms with Crippen molar-refractivity contribution in [3.05, 3.63) is 0 Å². The molecule has 0 aromatic carbocycles. The van der Waals surface area contributed by atoms with Crippen LogP contribution in [0.15, 0.2) is 0 Å². The van der Waals surface area contributed by atoms with Crippen molar-refractivity contribution in [2.45, 2.75) is 52.4 Å². The van der Waals surface area contributed by atoms with Gasteiger partial charge in [-0.3, -0.25) is 9.59 Å². The Balaban J connectivity index is 1.97. The zero-order chi connectivity index (χ0) is 12.1. The quantitative estimate of drug-likeness (QED) is 0.643. The standard InChI is InChI=1S/C15H20O2/c1-13-8-10-11(16)7-9-3-5-15(13,14(9,10)2)6-4-12(13)17/h9-10H,3-8H2,1-2H3/t9-,10+,13+,14-,15?/m0/s1. The molecule has 4 aliphatic rings. The number of hydrogen-bond acceptors (Lipinski definition) is 2. The van der Waals surface area contributed by atoms with Crippen molar-refractivity contribution in [1.29, 1.82) is 0 Å². The minimum Gasteiger partial charge on any atom is -0.299 e. The molecule has 92 valence electrons. The van der Waals surface area contributed by atoms with Crippen LogP contribution in [0.5, 0.6) is 0 Å². The Labute approximate surface area is 102 Å². The molecule has 4 rings (SSSR count). The Morgan fingerprint density at radius 1 is 1.18 bits per heavy atom. The predicted molar refractivity (Wildman–Crippen MR) is 63.3 cm³/mol. The van der Waals surface area contributed by atoms with Crippen molar-refractivity contribution < 1.29 is 9.59 Å². The highest BCUT2D eigenvalue weighted by molar-refractivity contribution is 5.93. The minimum atomic E-state index is -0.169. The molecule has 2 nitrogen and oxygen atoms in total. The second-order valence-corrected chi connectivity index (χ2v) is 7.28. The summed E-state index contributed by atoms with van der Waals surface area (Å²) in [4.78, 5) is 24.5. The molecule has 0 amide bonds. The summed E-state index contributed by atoms with van der Waals surface area (Å²) >= 11 is 0. The van der Waals surface area contributed by atoms with Gasteiger partial charge in [0.05, 0.1) is 0 Å². The lowest BCUT2D eigenvalue weighted by Gasteiger charge is -2.44. The van der Waals surface area contributed by atoms with E-state index in [0.717, 1.165) is 25.7 Å². The van der Waals surface area contributed by atoms with Crippen molar-refractivity contribution in [3.63, 3.8) is 0 Å². The Kier molecular flexibility index (Phi) is 1.53. The maximum atomic E-state index is 12.3. The second kappa shape index (κ2) is 2.53. The molecule has 0 radical (unpaired) electrons. The first-order valence-corrected chi connectivity index (χ1v) is 7.02. The van der Waals surface area contributed by atoms with E-state index in [4.69, 9.17) is 0 Å². The molecule has 5 atom stereocenters. The topological polar surface area (TPSA) is 34.1 Å². The maximum Gasteiger partial charge on any atom is 0.139 e. The molecule has 0 heterocycles. The monoisotopic (exact) mass is 232 g/mol. The van der Waals surface area contributed by atoms with E-state index in [1.54, 1.807) is 0 Å². The fraction of sp³-hybridized carbons (Fsp3) is 0.867. The van der Waals surface area contributed by atoms with E-state index in [0.29, 0.717) is 17.5 Å². The van der Waals surface area contributed by atoms with Crippen LogP contribution in [0.3, 0.4) is 0 Å². The molecule has 0 aliphatic heterocycles. The molecule has 0 aromatic rings. The van der Waals surface area contributed by atoms with Gasteiger partial charge >= 0.3 is 0 Å². The van der Waals surface area contributed by atoms with Gasteiger partial charge in [0.2, 0.25) is 0 Å². The average Bonchev–Trinajstić information content (AvgIpc) is 2.85. The van der Waals surface area contributed by atoms with Crippen molar-refractivity contribution in [2.75, 3.05) is 0 Å². The molecule has 1 unspecified atom stereocenters. The molecule has 0 N–H and O–H groups in total. The third-order valence-corrected chi connectivity index (χ3v) is 7.42. The maximum absolute atomic E-state index is 12.3. The Morgan fingerprint density at radius 3 is 2.71 bits per heavy atom. The summed E-state index contributed by atoms with van der Waals surface area (Å²) in [6.07, 6.45) is 5.85. The van der Waals surface area contributed by atoms with Crippen LogP contribution in [-0.4, -0.2) is 11.6 Å². The summed E-state index contributed by atoms with van der Waals surface area (Å²) in [5.41, 5.74) is 0.167. The number of ketones is 2. The van der Waals surface area contributed by atoms with Gasteiger partial charge in [0, 0.05) is 24.2 Å². The smallest absolute Gasteiger partial charge is 0.139 e. The van der Waals surface area contributed by atoms with Crippen LogP contribution in [0.1, 0.15) is 52.4 Å². The lowest BCUT2D eigenvalue weighted by molar-refractivity contribution is -0.129. The van der Waals surface area contributed by atoms with Crippen molar-refractivity contribution in [2.24, 2.45) is 28.1 Å². The summed E-state index contributed by atoms with van der Waals surface area (Å²) in [6.45, 7) is 4.51. The van der Waals surface area contributed by atoms with Crippen LogP contribution in [0.25, 0.3) is 0 Å². The summed E-state index contributed by atoms with van der Waals surface area (Å²) in [5.74, 6) is 1.68. The van der Waals surface area contributed by atoms with Crippen molar-refractivity contribution >= 4 is 11.6 Å². The normalized spacial score (nSPS) is 59.9. The van der Waals surface area contributed by atoms with Gasteiger partial charge in [0.1, 0.15) is 11.6 Å². The van der Waals surface area contributed by atoms with E-state index < -0.39 is 0 Å². The van der Waals surface area contributed by atoms with Gasteiger partial charge in [-0.05, 0) is 42.4 Å². The highest BCUT2D eigenvalue weighted by Crippen LogP contribution is 2.81. The van der Waals surface area contributed by atoms with Crippen LogP contribution in [0.4, 0.5) is 0 Å². The van der Waals surface area contributed by atoms with Crippen LogP contribution < -0.4 is 0 Å². The molecule has 0 bridgehead atoms. The van der Waals surface area contributed by atoms with E-state index >= 15 is 0 Å². The summed E-state index contributed by atoms with van der Waals surface area (Å²) in [5, 5.41) is 0. The first-order valence-electron chi connectivity index (χ1n) is 7.02. The van der Waals surface area contributed by atoms with Gasteiger partial charge in [0.25, 0.3) is 0 Å². The van der Waals surface area contributed by atoms with E-state index in [1.807, 2.05) is 0 Å². The number of carbonyl (C=O) groups is 2. The number of carbonyl (C=O) groups excluding carboxylic acids is 2. The summed E-state index contributed by atoms with van der Waals surface area (Å²) in [6, 6.07) is 0. The zero-order valence-corrected chi connectivity index (χ0v) is 10.7. The molecule has 4 saturated carbocycles. The van der Waals surface area contributed by atoms with Crippen molar-refractivity contribution in [1.82, 2.24) is 0 Å². The molecule has 17 heavy (non-hydrogen) atoms. The Bertz CT molecular complexity index is 454. The molecular weight excluding hydrogens is 212 g/mol. The van der Waals surface area contributed by atoms with Crippen LogP contribution >= 0.6 is 0 Å². The minimum absolute atomic E-state index is 0.158. The van der Waals surface area contributed by atoms with Gasteiger partial charge in [-0.15, -0.1) is 0 Å². The molecule has 1 spiro atoms. The van der Waals surface area contributed by atoms with Gasteiger partial charge in [-0.2, -0.15) is 0 Å². The zero-order valence-electron chi connectivity index (χ0n) is 10.7.